The van der Waals surface area contributed by atoms with Gasteiger partial charge in [0.1, 0.15) is 0 Å². The lowest BCUT2D eigenvalue weighted by Crippen LogP contribution is -2.24. The number of benzene rings is 2. The van der Waals surface area contributed by atoms with Gasteiger partial charge in [0, 0.05) is 6.42 Å². The minimum atomic E-state index is -0.929. The largest absolute Gasteiger partial charge is 0.385 e. The van der Waals surface area contributed by atoms with Crippen LogP contribution in [0, 0.1) is 18.3 Å². The van der Waals surface area contributed by atoms with Gasteiger partial charge in [-0.2, -0.15) is 5.26 Å². The van der Waals surface area contributed by atoms with Crippen molar-refractivity contribution in [1.29, 1.82) is 5.26 Å². The van der Waals surface area contributed by atoms with Gasteiger partial charge in [-0.05, 0) is 37.1 Å². The predicted octanol–water partition coefficient (Wildman–Crippen LogP) is 3.32. The number of aryl methyl sites for hydroxylation is 1. The van der Waals surface area contributed by atoms with Crippen molar-refractivity contribution in [2.24, 2.45) is 0 Å². The summed E-state index contributed by atoms with van der Waals surface area (Å²) in [5.74, 6) is 0. The molecule has 0 fully saturated rings. The minimum Gasteiger partial charge on any atom is -0.385 e. The zero-order valence-electron chi connectivity index (χ0n) is 11.2. The standard InChI is InChI=1S/C17H17NO/c1-13-4-3-5-15(10-13)11-17(2,19)16-8-6-14(12-18)7-9-16/h3-10,19H,11H2,1-2H3. The Kier molecular flexibility index (Phi) is 3.69. The van der Waals surface area contributed by atoms with Gasteiger partial charge >= 0.3 is 0 Å². The quantitative estimate of drug-likeness (QED) is 0.909. The van der Waals surface area contributed by atoms with E-state index in [4.69, 9.17) is 5.26 Å². The molecule has 2 rings (SSSR count). The van der Waals surface area contributed by atoms with Crippen LogP contribution in [0.3, 0.4) is 0 Å². The van der Waals surface area contributed by atoms with E-state index in [9.17, 15) is 5.11 Å². The Hall–Kier alpha value is -2.11. The maximum Gasteiger partial charge on any atom is 0.0991 e. The molecule has 2 nitrogen and oxygen atoms in total. The third-order valence-electron chi connectivity index (χ3n) is 3.27. The molecule has 1 unspecified atom stereocenters. The zero-order valence-corrected chi connectivity index (χ0v) is 11.2. The number of rotatable bonds is 3. The van der Waals surface area contributed by atoms with Crippen LogP contribution in [-0.2, 0) is 12.0 Å². The van der Waals surface area contributed by atoms with E-state index in [0.29, 0.717) is 12.0 Å². The first-order valence-corrected chi connectivity index (χ1v) is 6.30. The first kappa shape index (κ1) is 13.3. The van der Waals surface area contributed by atoms with Gasteiger partial charge in [-0.1, -0.05) is 42.0 Å². The molecule has 0 aromatic heterocycles. The summed E-state index contributed by atoms with van der Waals surface area (Å²) >= 11 is 0. The third-order valence-corrected chi connectivity index (χ3v) is 3.27. The monoisotopic (exact) mass is 251 g/mol. The van der Waals surface area contributed by atoms with Crippen LogP contribution in [0.25, 0.3) is 0 Å². The number of aliphatic hydroxyl groups is 1. The molecule has 0 aliphatic rings. The molecule has 2 aromatic rings. The second kappa shape index (κ2) is 5.26. The molecule has 0 saturated carbocycles. The van der Waals surface area contributed by atoms with Crippen molar-refractivity contribution >= 4 is 0 Å². The molecule has 0 aliphatic heterocycles. The topological polar surface area (TPSA) is 44.0 Å². The Bertz CT molecular complexity index is 606. The highest BCUT2D eigenvalue weighted by Gasteiger charge is 2.23. The first-order chi connectivity index (χ1) is 9.01. The highest BCUT2D eigenvalue weighted by molar-refractivity contribution is 5.35. The summed E-state index contributed by atoms with van der Waals surface area (Å²) in [6.07, 6.45) is 0.556. The van der Waals surface area contributed by atoms with E-state index in [-0.39, 0.29) is 0 Å². The molecule has 0 spiro atoms. The Morgan fingerprint density at radius 2 is 1.84 bits per heavy atom. The molecular formula is C17H17NO. The van der Waals surface area contributed by atoms with E-state index in [1.807, 2.05) is 37.3 Å². The van der Waals surface area contributed by atoms with Crippen molar-refractivity contribution in [3.05, 3.63) is 70.8 Å². The summed E-state index contributed by atoms with van der Waals surface area (Å²) in [6, 6.07) is 17.3. The molecule has 1 atom stereocenters. The van der Waals surface area contributed by atoms with Crippen LogP contribution in [-0.4, -0.2) is 5.11 Å². The maximum absolute atomic E-state index is 10.6. The van der Waals surface area contributed by atoms with Crippen molar-refractivity contribution in [3.63, 3.8) is 0 Å². The fourth-order valence-electron chi connectivity index (χ4n) is 2.23. The summed E-state index contributed by atoms with van der Waals surface area (Å²) in [7, 11) is 0. The Morgan fingerprint density at radius 1 is 1.16 bits per heavy atom. The molecule has 0 amide bonds. The van der Waals surface area contributed by atoms with E-state index in [0.717, 1.165) is 11.1 Å². The van der Waals surface area contributed by atoms with E-state index in [2.05, 4.69) is 12.1 Å². The lowest BCUT2D eigenvalue weighted by molar-refractivity contribution is 0.0576. The molecule has 19 heavy (non-hydrogen) atoms. The Morgan fingerprint density at radius 3 is 2.42 bits per heavy atom. The summed E-state index contributed by atoms with van der Waals surface area (Å²) in [4.78, 5) is 0. The van der Waals surface area contributed by atoms with Crippen molar-refractivity contribution < 1.29 is 5.11 Å². The van der Waals surface area contributed by atoms with E-state index < -0.39 is 5.60 Å². The van der Waals surface area contributed by atoms with Crippen LogP contribution >= 0.6 is 0 Å². The van der Waals surface area contributed by atoms with Crippen molar-refractivity contribution in [3.8, 4) is 6.07 Å². The van der Waals surface area contributed by atoms with Crippen LogP contribution in [0.15, 0.2) is 48.5 Å². The number of hydrogen-bond acceptors (Lipinski definition) is 2. The van der Waals surface area contributed by atoms with Crippen LogP contribution in [0.5, 0.6) is 0 Å². The first-order valence-electron chi connectivity index (χ1n) is 6.30. The Labute approximate surface area is 114 Å². The van der Waals surface area contributed by atoms with E-state index in [1.54, 1.807) is 19.1 Å². The molecule has 0 saturated heterocycles. The molecule has 1 N–H and O–H groups in total. The molecular weight excluding hydrogens is 234 g/mol. The molecule has 0 heterocycles. The fraction of sp³-hybridized carbons (Fsp3) is 0.235. The van der Waals surface area contributed by atoms with E-state index in [1.165, 1.54) is 5.56 Å². The maximum atomic E-state index is 10.6. The SMILES string of the molecule is Cc1cccc(CC(C)(O)c2ccc(C#N)cc2)c1. The highest BCUT2D eigenvalue weighted by Crippen LogP contribution is 2.25. The Balaban J connectivity index is 2.24. The molecule has 2 aromatic carbocycles. The molecule has 0 radical (unpaired) electrons. The van der Waals surface area contributed by atoms with Gasteiger partial charge in [0.05, 0.1) is 17.2 Å². The summed E-state index contributed by atoms with van der Waals surface area (Å²) in [5, 5.41) is 19.4. The number of nitrogens with zero attached hydrogens (tertiary/aromatic N) is 1. The second-order valence-electron chi connectivity index (χ2n) is 5.13. The number of nitriles is 1. The molecule has 2 heteroatoms. The lowest BCUT2D eigenvalue weighted by Gasteiger charge is -2.24. The average molecular weight is 251 g/mol. The van der Waals surface area contributed by atoms with Crippen LogP contribution in [0.1, 0.15) is 29.2 Å². The van der Waals surface area contributed by atoms with Gasteiger partial charge in [0.2, 0.25) is 0 Å². The van der Waals surface area contributed by atoms with Crippen molar-refractivity contribution in [2.75, 3.05) is 0 Å². The zero-order chi connectivity index (χ0) is 13.9. The summed E-state index contributed by atoms with van der Waals surface area (Å²) in [5.41, 5.74) is 2.80. The van der Waals surface area contributed by atoms with Gasteiger partial charge in [0.25, 0.3) is 0 Å². The summed E-state index contributed by atoms with van der Waals surface area (Å²) in [6.45, 7) is 3.84. The normalized spacial score (nSPS) is 13.6. The van der Waals surface area contributed by atoms with Crippen molar-refractivity contribution in [2.45, 2.75) is 25.9 Å². The van der Waals surface area contributed by atoms with Crippen molar-refractivity contribution in [1.82, 2.24) is 0 Å². The lowest BCUT2D eigenvalue weighted by atomic mass is 9.88. The minimum absolute atomic E-state index is 0.556. The van der Waals surface area contributed by atoms with Gasteiger partial charge < -0.3 is 5.11 Å². The highest BCUT2D eigenvalue weighted by atomic mass is 16.3. The summed E-state index contributed by atoms with van der Waals surface area (Å²) < 4.78 is 0. The smallest absolute Gasteiger partial charge is 0.0991 e. The van der Waals surface area contributed by atoms with Gasteiger partial charge in [-0.25, -0.2) is 0 Å². The molecule has 96 valence electrons. The predicted molar refractivity (Wildman–Crippen MR) is 75.6 cm³/mol. The average Bonchev–Trinajstić information content (AvgIpc) is 2.38. The van der Waals surface area contributed by atoms with Gasteiger partial charge in [0.15, 0.2) is 0 Å². The molecule has 0 aliphatic carbocycles. The van der Waals surface area contributed by atoms with Gasteiger partial charge in [-0.15, -0.1) is 0 Å². The van der Waals surface area contributed by atoms with E-state index >= 15 is 0 Å². The molecule has 0 bridgehead atoms. The van der Waals surface area contributed by atoms with Crippen LogP contribution in [0.2, 0.25) is 0 Å². The second-order valence-corrected chi connectivity index (χ2v) is 5.13. The third kappa shape index (κ3) is 3.21. The number of hydrogen-bond donors (Lipinski definition) is 1. The fourth-order valence-corrected chi connectivity index (χ4v) is 2.23. The van der Waals surface area contributed by atoms with Crippen LogP contribution in [0.4, 0.5) is 0 Å². The van der Waals surface area contributed by atoms with Crippen LogP contribution < -0.4 is 0 Å². The van der Waals surface area contributed by atoms with Gasteiger partial charge in [-0.3, -0.25) is 0 Å².